The lowest BCUT2D eigenvalue weighted by molar-refractivity contribution is 0.569. The average Bonchev–Trinajstić information content (AvgIpc) is 3.82. The zero-order valence-corrected chi connectivity index (χ0v) is 34.1. The summed E-state index contributed by atoms with van der Waals surface area (Å²) in [4.78, 5) is 0. The molecule has 2 nitrogen and oxygen atoms in total. The average molecular weight is 705 g/mol. The molecule has 270 valence electrons. The molecule has 0 aliphatic carbocycles. The van der Waals surface area contributed by atoms with Gasteiger partial charge < -0.3 is 8.80 Å². The van der Waals surface area contributed by atoms with Gasteiger partial charge in [0.1, 0.15) is 0 Å². The van der Waals surface area contributed by atoms with Crippen LogP contribution in [0, 0.1) is 0 Å². The Kier molecular flexibility index (Phi) is 6.42. The molecule has 54 heavy (non-hydrogen) atoms. The van der Waals surface area contributed by atoms with Crippen molar-refractivity contribution in [3.05, 3.63) is 119 Å². The number of benzene rings is 6. The molecule has 0 atom stereocenters. The van der Waals surface area contributed by atoms with E-state index in [4.69, 9.17) is 0 Å². The van der Waals surface area contributed by atoms with Crippen molar-refractivity contribution in [1.29, 1.82) is 0 Å². The highest BCUT2D eigenvalue weighted by Gasteiger charge is 2.30. The lowest BCUT2D eigenvalue weighted by atomic mass is 9.79. The second-order valence-corrected chi connectivity index (χ2v) is 20.4. The molecule has 0 radical (unpaired) electrons. The maximum absolute atomic E-state index is 2.62. The fourth-order valence-corrected chi connectivity index (χ4v) is 9.40. The summed E-state index contributed by atoms with van der Waals surface area (Å²) in [6.45, 7) is 28.0. The SMILES string of the molecule is CC(C)(C)c1cc(-c2ccc3c4c5c6cc(C(C)(C)C)ccc6n6c7ccccc7c(c7c8cc(C(C)(C)C)ccc8n(c3c2)c74)c56)cc(C(C)(C)C)c1. The van der Waals surface area contributed by atoms with Crippen molar-refractivity contribution < 1.29 is 0 Å². The van der Waals surface area contributed by atoms with Crippen LogP contribution in [-0.2, 0) is 21.7 Å². The molecule has 0 bridgehead atoms. The Bertz CT molecular complexity index is 3140. The first-order valence-corrected chi connectivity index (χ1v) is 19.9. The molecule has 0 aliphatic rings. The topological polar surface area (TPSA) is 8.82 Å². The third-order valence-corrected chi connectivity index (χ3v) is 12.6. The maximum Gasteiger partial charge on any atom is 0.0634 e. The quantitative estimate of drug-likeness (QED) is 0.161. The minimum absolute atomic E-state index is 0.0318. The summed E-state index contributed by atoms with van der Waals surface area (Å²) in [5.74, 6) is 0. The van der Waals surface area contributed by atoms with E-state index in [1.165, 1.54) is 110 Å². The Labute approximate surface area is 319 Å². The van der Waals surface area contributed by atoms with E-state index >= 15 is 0 Å². The number of aromatic nitrogens is 2. The summed E-state index contributed by atoms with van der Waals surface area (Å²) >= 11 is 0. The van der Waals surface area contributed by atoms with Gasteiger partial charge in [-0.15, -0.1) is 0 Å². The molecule has 0 N–H and O–H groups in total. The fraction of sp³-hybridized carbons (Fsp3) is 0.308. The highest BCUT2D eigenvalue weighted by atomic mass is 14.9. The molecule has 0 aliphatic heterocycles. The first-order chi connectivity index (χ1) is 25.3. The zero-order valence-electron chi connectivity index (χ0n) is 34.1. The van der Waals surface area contributed by atoms with Crippen LogP contribution in [0.25, 0.3) is 87.3 Å². The first-order valence-electron chi connectivity index (χ1n) is 19.9. The van der Waals surface area contributed by atoms with Gasteiger partial charge in [0.05, 0.1) is 33.1 Å². The lowest BCUT2D eigenvalue weighted by Gasteiger charge is -2.26. The van der Waals surface area contributed by atoms with Gasteiger partial charge in [0.25, 0.3) is 0 Å². The van der Waals surface area contributed by atoms with Gasteiger partial charge in [-0.2, -0.15) is 0 Å². The summed E-state index contributed by atoms with van der Waals surface area (Å²) in [5.41, 5.74) is 16.1. The van der Waals surface area contributed by atoms with E-state index in [1.807, 2.05) is 0 Å². The van der Waals surface area contributed by atoms with Crippen molar-refractivity contribution in [3.63, 3.8) is 0 Å². The molecule has 0 spiro atoms. The van der Waals surface area contributed by atoms with Gasteiger partial charge in [0.2, 0.25) is 0 Å². The Morgan fingerprint density at radius 2 is 0.741 bits per heavy atom. The standard InChI is InChI=1S/C52H52N2/c1-49(2,3)31-18-21-40-37(27-31)46-44-36-20-17-29(30-23-33(51(7,8)9)26-34(24-30)52(10,11)12)25-42(36)54-41-22-19-32(50(4,5)6)28-38(41)45(48(44)54)43-35-15-13-14-16-39(35)53(40)47(43)46/h13-28H,1-12H3. The Balaban J connectivity index is 1.45. The summed E-state index contributed by atoms with van der Waals surface area (Å²) in [6, 6.07) is 38.2. The van der Waals surface area contributed by atoms with E-state index in [0.717, 1.165) is 0 Å². The minimum atomic E-state index is 0.0318. The predicted octanol–water partition coefficient (Wildman–Crippen LogP) is 14.8. The van der Waals surface area contributed by atoms with Crippen LogP contribution in [0.4, 0.5) is 0 Å². The van der Waals surface area contributed by atoms with E-state index in [2.05, 4.69) is 189 Å². The number of para-hydroxylation sites is 1. The van der Waals surface area contributed by atoms with Crippen LogP contribution in [0.5, 0.6) is 0 Å². The van der Waals surface area contributed by atoms with E-state index in [1.54, 1.807) is 0 Å². The van der Waals surface area contributed by atoms with Crippen molar-refractivity contribution in [2.75, 3.05) is 0 Å². The van der Waals surface area contributed by atoms with Crippen LogP contribution < -0.4 is 0 Å². The molecule has 4 aromatic heterocycles. The smallest absolute Gasteiger partial charge is 0.0634 e. The lowest BCUT2D eigenvalue weighted by Crippen LogP contribution is -2.16. The van der Waals surface area contributed by atoms with E-state index in [0.29, 0.717) is 0 Å². The summed E-state index contributed by atoms with van der Waals surface area (Å²) < 4.78 is 5.20. The number of hydrogen-bond donors (Lipinski definition) is 0. The normalized spacial score (nSPS) is 13.9. The third kappa shape index (κ3) is 4.46. The predicted molar refractivity (Wildman–Crippen MR) is 236 cm³/mol. The zero-order chi connectivity index (χ0) is 38.0. The molecule has 6 aromatic carbocycles. The van der Waals surface area contributed by atoms with Crippen LogP contribution in [0.3, 0.4) is 0 Å². The van der Waals surface area contributed by atoms with Crippen molar-refractivity contribution in [2.45, 2.75) is 105 Å². The highest BCUT2D eigenvalue weighted by molar-refractivity contribution is 6.45. The Morgan fingerprint density at radius 1 is 0.315 bits per heavy atom. The molecule has 0 unspecified atom stereocenters. The van der Waals surface area contributed by atoms with Crippen LogP contribution in [0.15, 0.2) is 97.1 Å². The van der Waals surface area contributed by atoms with E-state index in [9.17, 15) is 0 Å². The van der Waals surface area contributed by atoms with Crippen LogP contribution >= 0.6 is 0 Å². The second kappa shape index (κ2) is 10.4. The van der Waals surface area contributed by atoms with Gasteiger partial charge in [-0.1, -0.05) is 144 Å². The van der Waals surface area contributed by atoms with Gasteiger partial charge in [-0.05, 0) is 91.4 Å². The molecule has 2 heteroatoms. The van der Waals surface area contributed by atoms with Crippen molar-refractivity contribution in [2.24, 2.45) is 0 Å². The van der Waals surface area contributed by atoms with Crippen molar-refractivity contribution in [1.82, 2.24) is 8.80 Å². The monoisotopic (exact) mass is 704 g/mol. The van der Waals surface area contributed by atoms with Crippen molar-refractivity contribution in [3.8, 4) is 11.1 Å². The van der Waals surface area contributed by atoms with Gasteiger partial charge >= 0.3 is 0 Å². The number of hydrogen-bond acceptors (Lipinski definition) is 0. The van der Waals surface area contributed by atoms with Gasteiger partial charge in [0, 0.05) is 43.1 Å². The van der Waals surface area contributed by atoms with E-state index < -0.39 is 0 Å². The first kappa shape index (κ1) is 33.5. The molecule has 4 heterocycles. The number of fused-ring (bicyclic) bond motifs is 14. The fourth-order valence-electron chi connectivity index (χ4n) is 9.40. The molecule has 0 fully saturated rings. The Hall–Kier alpha value is -5.08. The summed E-state index contributed by atoms with van der Waals surface area (Å²) in [7, 11) is 0. The van der Waals surface area contributed by atoms with Crippen LogP contribution in [-0.4, -0.2) is 8.80 Å². The van der Waals surface area contributed by atoms with Crippen LogP contribution in [0.1, 0.15) is 105 Å². The van der Waals surface area contributed by atoms with Gasteiger partial charge in [-0.25, -0.2) is 0 Å². The third-order valence-electron chi connectivity index (χ3n) is 12.6. The van der Waals surface area contributed by atoms with Gasteiger partial charge in [-0.3, -0.25) is 0 Å². The number of nitrogens with zero attached hydrogens (tertiary/aromatic N) is 2. The van der Waals surface area contributed by atoms with Gasteiger partial charge in [0.15, 0.2) is 0 Å². The minimum Gasteiger partial charge on any atom is -0.308 e. The molecule has 0 saturated heterocycles. The molecule has 0 amide bonds. The van der Waals surface area contributed by atoms with Crippen molar-refractivity contribution >= 4 is 76.2 Å². The second-order valence-electron chi connectivity index (χ2n) is 20.4. The molecule has 10 aromatic rings. The maximum atomic E-state index is 2.62. The molecular formula is C52H52N2. The molecule has 0 saturated carbocycles. The molecular weight excluding hydrogens is 653 g/mol. The molecule has 10 rings (SSSR count). The Morgan fingerprint density at radius 3 is 1.24 bits per heavy atom. The summed E-state index contributed by atoms with van der Waals surface area (Å²) in [6.07, 6.45) is 0. The van der Waals surface area contributed by atoms with Crippen LogP contribution in [0.2, 0.25) is 0 Å². The summed E-state index contributed by atoms with van der Waals surface area (Å²) in [5, 5.41) is 10.9. The number of rotatable bonds is 1. The largest absolute Gasteiger partial charge is 0.308 e. The van der Waals surface area contributed by atoms with E-state index in [-0.39, 0.29) is 21.7 Å². The highest BCUT2D eigenvalue weighted by Crippen LogP contribution is 2.53.